The molecular weight excluding hydrogens is 444 g/mol. The van der Waals surface area contributed by atoms with Crippen LogP contribution in [0.2, 0.25) is 0 Å². The van der Waals surface area contributed by atoms with Gasteiger partial charge in [0, 0.05) is 0 Å². The van der Waals surface area contributed by atoms with E-state index >= 15 is 0 Å². The molecule has 1 aromatic rings. The number of hydrogen-bond acceptors (Lipinski definition) is 2. The largest absolute Gasteiger partial charge is 0.491 e. The second-order valence-corrected chi connectivity index (χ2v) is 9.58. The maximum Gasteiger partial charge on any atom is 0.200 e. The van der Waals surface area contributed by atoms with Gasteiger partial charge in [0.1, 0.15) is 0 Å². The summed E-state index contributed by atoms with van der Waals surface area (Å²) in [5.41, 5.74) is 0.819. The Morgan fingerprint density at radius 2 is 1.65 bits per heavy atom. The number of ether oxygens (including phenoxy) is 1. The Bertz CT molecular complexity index is 885. The molecule has 1 aliphatic carbocycles. The third-order valence-electron chi connectivity index (χ3n) is 6.96. The average molecular weight is 483 g/mol. The predicted octanol–water partition coefficient (Wildman–Crippen LogP) is 8.23. The molecule has 2 rings (SSSR count). The van der Waals surface area contributed by atoms with Crippen molar-refractivity contribution in [1.82, 2.24) is 0 Å². The molecule has 0 bridgehead atoms. The summed E-state index contributed by atoms with van der Waals surface area (Å²) in [5, 5.41) is 9.65. The Labute approximate surface area is 201 Å². The molecule has 0 saturated heterocycles. The van der Waals surface area contributed by atoms with Gasteiger partial charge in [0.25, 0.3) is 0 Å². The molecule has 34 heavy (non-hydrogen) atoms. The highest BCUT2D eigenvalue weighted by Crippen LogP contribution is 2.36. The van der Waals surface area contributed by atoms with Crippen LogP contribution in [0.3, 0.4) is 0 Å². The molecule has 2 unspecified atom stereocenters. The summed E-state index contributed by atoms with van der Waals surface area (Å²) in [4.78, 5) is 0. The third kappa shape index (κ3) is 7.46. The van der Waals surface area contributed by atoms with Crippen LogP contribution in [0.5, 0.6) is 0 Å². The Balaban J connectivity index is 1.88. The van der Waals surface area contributed by atoms with Gasteiger partial charge < -0.3 is 9.84 Å². The topological polar surface area (TPSA) is 29.5 Å². The van der Waals surface area contributed by atoms with E-state index in [9.17, 15) is 22.7 Å². The van der Waals surface area contributed by atoms with Crippen LogP contribution in [0.25, 0.3) is 0 Å². The monoisotopic (exact) mass is 482 g/mol. The molecule has 0 aliphatic heterocycles. The first-order valence-corrected chi connectivity index (χ1v) is 12.3. The molecule has 0 aromatic heterocycles. The molecule has 0 spiro atoms. The zero-order chi connectivity index (χ0) is 25.4. The van der Waals surface area contributed by atoms with E-state index in [1.54, 1.807) is 26.0 Å². The predicted molar refractivity (Wildman–Crippen MR) is 129 cm³/mol. The van der Waals surface area contributed by atoms with E-state index in [1.807, 2.05) is 6.92 Å². The van der Waals surface area contributed by atoms with Crippen LogP contribution in [0.15, 0.2) is 48.3 Å². The summed E-state index contributed by atoms with van der Waals surface area (Å²) in [6.45, 7) is 12.7. The highest BCUT2D eigenvalue weighted by molar-refractivity contribution is 5.33. The lowest BCUT2D eigenvalue weighted by molar-refractivity contribution is 0.122. The molecule has 2 atom stereocenters. The van der Waals surface area contributed by atoms with Gasteiger partial charge in [0.05, 0.1) is 12.7 Å². The van der Waals surface area contributed by atoms with Gasteiger partial charge >= 0.3 is 0 Å². The molecule has 1 fully saturated rings. The van der Waals surface area contributed by atoms with Crippen molar-refractivity contribution in [3.63, 3.8) is 0 Å². The van der Waals surface area contributed by atoms with Crippen molar-refractivity contribution in [1.29, 1.82) is 0 Å². The van der Waals surface area contributed by atoms with Crippen molar-refractivity contribution >= 4 is 0 Å². The standard InChI is InChI=1S/C28H38F4O2/c1-6-34-20(5)26(30)25(29)19(4)18(3)9-7-17(2)8-10-22-13-16-24(28(32)27(22)31)21-11-14-23(33)15-12-21/h13,16-18,21,23,33H,4-12,14-15H2,1-3H3/b26-25-. The second-order valence-electron chi connectivity index (χ2n) is 9.58. The first-order chi connectivity index (χ1) is 16.1. The molecule has 190 valence electrons. The van der Waals surface area contributed by atoms with Gasteiger partial charge in [0.15, 0.2) is 29.0 Å². The van der Waals surface area contributed by atoms with E-state index in [2.05, 4.69) is 13.2 Å². The third-order valence-corrected chi connectivity index (χ3v) is 6.96. The van der Waals surface area contributed by atoms with Gasteiger partial charge in [0.2, 0.25) is 0 Å². The van der Waals surface area contributed by atoms with E-state index in [1.165, 1.54) is 0 Å². The van der Waals surface area contributed by atoms with Crippen molar-refractivity contribution < 1.29 is 27.4 Å². The number of rotatable bonds is 12. The quantitative estimate of drug-likeness (QED) is 0.185. The second kappa shape index (κ2) is 13.1. The number of aliphatic hydroxyl groups is 1. The van der Waals surface area contributed by atoms with Crippen LogP contribution in [0.4, 0.5) is 17.6 Å². The first-order valence-electron chi connectivity index (χ1n) is 12.3. The lowest BCUT2D eigenvalue weighted by Crippen LogP contribution is -2.18. The van der Waals surface area contributed by atoms with E-state index in [0.29, 0.717) is 62.5 Å². The van der Waals surface area contributed by atoms with Crippen LogP contribution >= 0.6 is 0 Å². The van der Waals surface area contributed by atoms with Crippen LogP contribution in [-0.4, -0.2) is 17.8 Å². The van der Waals surface area contributed by atoms with Gasteiger partial charge in [-0.3, -0.25) is 0 Å². The molecule has 0 heterocycles. The van der Waals surface area contributed by atoms with Gasteiger partial charge in [-0.15, -0.1) is 0 Å². The normalized spacial score (nSPS) is 20.9. The number of benzene rings is 1. The van der Waals surface area contributed by atoms with Gasteiger partial charge in [-0.05, 0) is 86.3 Å². The maximum absolute atomic E-state index is 14.7. The van der Waals surface area contributed by atoms with Crippen molar-refractivity contribution in [2.24, 2.45) is 11.8 Å². The Kier molecular flexibility index (Phi) is 10.9. The van der Waals surface area contributed by atoms with Gasteiger partial charge in [-0.1, -0.05) is 45.6 Å². The lowest BCUT2D eigenvalue weighted by Gasteiger charge is -2.26. The first kappa shape index (κ1) is 28.2. The van der Waals surface area contributed by atoms with Gasteiger partial charge in [-0.2, -0.15) is 4.39 Å². The molecule has 6 heteroatoms. The van der Waals surface area contributed by atoms with Crippen molar-refractivity contribution in [3.8, 4) is 0 Å². The molecule has 1 aromatic carbocycles. The van der Waals surface area contributed by atoms with E-state index in [0.717, 1.165) is 0 Å². The minimum atomic E-state index is -1.13. The number of hydrogen-bond donors (Lipinski definition) is 1. The number of allylic oxidation sites excluding steroid dienone is 3. The SMILES string of the molecule is C=C(OCC)/C(F)=C(/F)C(=C)C(C)CCC(C)CCc1ccc(C2CCC(O)CC2)c(F)c1F. The summed E-state index contributed by atoms with van der Waals surface area (Å²) < 4.78 is 62.8. The lowest BCUT2D eigenvalue weighted by atomic mass is 9.82. The Hall–Kier alpha value is -2.08. The minimum absolute atomic E-state index is 0.0505. The molecule has 1 N–H and O–H groups in total. The summed E-state index contributed by atoms with van der Waals surface area (Å²) >= 11 is 0. The zero-order valence-electron chi connectivity index (χ0n) is 20.6. The fraction of sp³-hybridized carbons (Fsp3) is 0.571. The molecule has 1 aliphatic rings. The average Bonchev–Trinajstić information content (AvgIpc) is 2.82. The molecular formula is C28H38F4O2. The van der Waals surface area contributed by atoms with Gasteiger partial charge in [-0.25, -0.2) is 13.2 Å². The number of aryl methyl sites for hydroxylation is 1. The van der Waals surface area contributed by atoms with Crippen molar-refractivity contribution in [3.05, 3.63) is 71.0 Å². The van der Waals surface area contributed by atoms with Crippen LogP contribution in [-0.2, 0) is 11.2 Å². The molecule has 1 saturated carbocycles. The highest BCUT2D eigenvalue weighted by Gasteiger charge is 2.25. The molecule has 2 nitrogen and oxygen atoms in total. The van der Waals surface area contributed by atoms with Crippen LogP contribution in [0.1, 0.15) is 82.8 Å². The minimum Gasteiger partial charge on any atom is -0.491 e. The molecule has 0 radical (unpaired) electrons. The Morgan fingerprint density at radius 1 is 1.00 bits per heavy atom. The Morgan fingerprint density at radius 3 is 2.26 bits per heavy atom. The van der Waals surface area contributed by atoms with E-state index in [4.69, 9.17) is 4.74 Å². The fourth-order valence-corrected chi connectivity index (χ4v) is 4.47. The van der Waals surface area contributed by atoms with E-state index in [-0.39, 0.29) is 41.8 Å². The highest BCUT2D eigenvalue weighted by atomic mass is 19.2. The maximum atomic E-state index is 14.7. The number of halogens is 4. The fourth-order valence-electron chi connectivity index (χ4n) is 4.47. The van der Waals surface area contributed by atoms with Crippen molar-refractivity contribution in [2.45, 2.75) is 84.2 Å². The summed E-state index contributed by atoms with van der Waals surface area (Å²) in [6.07, 6.45) is 4.57. The summed E-state index contributed by atoms with van der Waals surface area (Å²) in [5.74, 6) is -4.21. The summed E-state index contributed by atoms with van der Waals surface area (Å²) in [6, 6.07) is 3.36. The van der Waals surface area contributed by atoms with Crippen molar-refractivity contribution in [2.75, 3.05) is 6.61 Å². The zero-order valence-corrected chi connectivity index (χ0v) is 20.6. The summed E-state index contributed by atoms with van der Waals surface area (Å²) in [7, 11) is 0. The smallest absolute Gasteiger partial charge is 0.200 e. The van der Waals surface area contributed by atoms with Crippen LogP contribution in [0, 0.1) is 23.5 Å². The van der Waals surface area contributed by atoms with Crippen LogP contribution < -0.4 is 0 Å². The molecule has 0 amide bonds. The number of aliphatic hydroxyl groups excluding tert-OH is 1. The van der Waals surface area contributed by atoms with E-state index < -0.39 is 23.3 Å².